The fourth-order valence-electron chi connectivity index (χ4n) is 1.80. The molecule has 1 rings (SSSR count). The average Bonchev–Trinajstić information content (AvgIpc) is 2.79. The van der Waals surface area contributed by atoms with Crippen LogP contribution in [0.5, 0.6) is 0 Å². The molecule has 1 aliphatic rings. The highest BCUT2D eigenvalue weighted by molar-refractivity contribution is 5.84. The summed E-state index contributed by atoms with van der Waals surface area (Å²) in [5.74, 6) is -0.515. The highest BCUT2D eigenvalue weighted by Crippen LogP contribution is 2.16. The molecule has 0 saturated carbocycles. The number of hydrogen-bond donors (Lipinski definition) is 1. The van der Waals surface area contributed by atoms with Gasteiger partial charge in [-0.15, -0.1) is 0 Å². The molecule has 17 heavy (non-hydrogen) atoms. The van der Waals surface area contributed by atoms with E-state index in [0.29, 0.717) is 13.0 Å². The lowest BCUT2D eigenvalue weighted by molar-refractivity contribution is -0.146. The van der Waals surface area contributed by atoms with Gasteiger partial charge in [-0.25, -0.2) is 4.79 Å². The Labute approximate surface area is 102 Å². The first-order valence-electron chi connectivity index (χ1n) is 6.21. The normalized spacial score (nSPS) is 20.9. The van der Waals surface area contributed by atoms with Gasteiger partial charge in [0.25, 0.3) is 0 Å². The number of carbonyl (C=O) groups excluding carboxylic acids is 2. The first-order valence-corrected chi connectivity index (χ1v) is 6.21. The molecule has 5 nitrogen and oxygen atoms in total. The average molecular weight is 243 g/mol. The maximum atomic E-state index is 11.5. The van der Waals surface area contributed by atoms with Crippen molar-refractivity contribution >= 4 is 11.9 Å². The third-order valence-electron chi connectivity index (χ3n) is 2.74. The molecular weight excluding hydrogens is 222 g/mol. The van der Waals surface area contributed by atoms with Gasteiger partial charge >= 0.3 is 5.97 Å². The van der Waals surface area contributed by atoms with Crippen LogP contribution >= 0.6 is 0 Å². The smallest absolute Gasteiger partial charge is 0.328 e. The molecule has 1 N–H and O–H groups in total. The quantitative estimate of drug-likeness (QED) is 0.707. The summed E-state index contributed by atoms with van der Waals surface area (Å²) in [4.78, 5) is 22.8. The molecule has 0 aromatic carbocycles. The van der Waals surface area contributed by atoms with E-state index in [9.17, 15) is 9.59 Å². The summed E-state index contributed by atoms with van der Waals surface area (Å²) in [6.45, 7) is 4.49. The molecule has 1 fully saturated rings. The van der Waals surface area contributed by atoms with Gasteiger partial charge in [-0.2, -0.15) is 0 Å². The largest absolute Gasteiger partial charge is 0.464 e. The molecule has 0 aromatic rings. The van der Waals surface area contributed by atoms with Crippen LogP contribution in [0.4, 0.5) is 0 Å². The zero-order chi connectivity index (χ0) is 12.7. The van der Waals surface area contributed by atoms with Crippen molar-refractivity contribution in [3.63, 3.8) is 0 Å². The third kappa shape index (κ3) is 5.17. The van der Waals surface area contributed by atoms with Crippen LogP contribution in [0, 0.1) is 0 Å². The monoisotopic (exact) mass is 243 g/mol. The van der Waals surface area contributed by atoms with Crippen molar-refractivity contribution in [2.45, 2.75) is 51.7 Å². The van der Waals surface area contributed by atoms with Crippen LogP contribution in [0.3, 0.4) is 0 Å². The Hall–Kier alpha value is -1.10. The molecule has 2 atom stereocenters. The van der Waals surface area contributed by atoms with Crippen molar-refractivity contribution in [3.05, 3.63) is 0 Å². The van der Waals surface area contributed by atoms with E-state index in [-0.39, 0.29) is 12.0 Å². The van der Waals surface area contributed by atoms with Gasteiger partial charge in [-0.05, 0) is 33.1 Å². The van der Waals surface area contributed by atoms with Crippen LogP contribution in [0.15, 0.2) is 0 Å². The SMILES string of the molecule is CCOC(=O)C(C)NC(=O)CCC1CCCO1. The van der Waals surface area contributed by atoms with E-state index in [1.807, 2.05) is 0 Å². The van der Waals surface area contributed by atoms with E-state index >= 15 is 0 Å². The number of hydrogen-bond acceptors (Lipinski definition) is 4. The van der Waals surface area contributed by atoms with E-state index in [4.69, 9.17) is 9.47 Å². The zero-order valence-corrected chi connectivity index (χ0v) is 10.5. The van der Waals surface area contributed by atoms with Crippen molar-refractivity contribution in [1.82, 2.24) is 5.32 Å². The first kappa shape index (κ1) is 14.0. The lowest BCUT2D eigenvalue weighted by Crippen LogP contribution is -2.39. The lowest BCUT2D eigenvalue weighted by Gasteiger charge is -2.13. The van der Waals surface area contributed by atoms with E-state index in [2.05, 4.69) is 5.32 Å². The summed E-state index contributed by atoms with van der Waals surface area (Å²) < 4.78 is 10.2. The maximum Gasteiger partial charge on any atom is 0.328 e. The van der Waals surface area contributed by atoms with Crippen LogP contribution in [0.1, 0.15) is 39.5 Å². The zero-order valence-electron chi connectivity index (χ0n) is 10.5. The summed E-state index contributed by atoms with van der Waals surface area (Å²) in [7, 11) is 0. The number of esters is 1. The van der Waals surface area contributed by atoms with E-state index in [0.717, 1.165) is 25.9 Å². The summed E-state index contributed by atoms with van der Waals surface area (Å²) in [5.41, 5.74) is 0. The van der Waals surface area contributed by atoms with Gasteiger partial charge in [-0.1, -0.05) is 0 Å². The van der Waals surface area contributed by atoms with Gasteiger partial charge in [0.15, 0.2) is 0 Å². The summed E-state index contributed by atoms with van der Waals surface area (Å²) >= 11 is 0. The Bertz CT molecular complexity index is 261. The minimum absolute atomic E-state index is 0.124. The molecule has 98 valence electrons. The molecule has 0 bridgehead atoms. The highest BCUT2D eigenvalue weighted by atomic mass is 16.5. The van der Waals surface area contributed by atoms with Gasteiger partial charge < -0.3 is 14.8 Å². The Kier molecular flexibility index (Phi) is 5.97. The van der Waals surface area contributed by atoms with Crippen molar-refractivity contribution in [2.75, 3.05) is 13.2 Å². The lowest BCUT2D eigenvalue weighted by atomic mass is 10.1. The van der Waals surface area contributed by atoms with Crippen molar-refractivity contribution < 1.29 is 19.1 Å². The molecule has 2 unspecified atom stereocenters. The molecule has 1 amide bonds. The molecular formula is C12H21NO4. The molecule has 5 heteroatoms. The van der Waals surface area contributed by atoms with Crippen molar-refractivity contribution in [3.8, 4) is 0 Å². The third-order valence-corrected chi connectivity index (χ3v) is 2.74. The number of ether oxygens (including phenoxy) is 2. The van der Waals surface area contributed by atoms with Crippen molar-refractivity contribution in [1.29, 1.82) is 0 Å². The molecule has 0 aromatic heterocycles. The minimum atomic E-state index is -0.577. The van der Waals surface area contributed by atoms with Crippen LogP contribution in [0.25, 0.3) is 0 Å². The van der Waals surface area contributed by atoms with E-state index < -0.39 is 12.0 Å². The molecule has 0 spiro atoms. The van der Waals surface area contributed by atoms with Gasteiger partial charge in [-0.3, -0.25) is 4.79 Å². The second kappa shape index (κ2) is 7.27. The van der Waals surface area contributed by atoms with Gasteiger partial charge in [0.1, 0.15) is 6.04 Å². The van der Waals surface area contributed by atoms with Gasteiger partial charge in [0.05, 0.1) is 12.7 Å². The topological polar surface area (TPSA) is 64.6 Å². The summed E-state index contributed by atoms with van der Waals surface area (Å²) in [6, 6.07) is -0.577. The van der Waals surface area contributed by atoms with Crippen LogP contribution in [-0.2, 0) is 19.1 Å². The summed E-state index contributed by atoms with van der Waals surface area (Å²) in [5, 5.41) is 2.62. The molecule has 1 aliphatic heterocycles. The Morgan fingerprint density at radius 3 is 2.88 bits per heavy atom. The second-order valence-electron chi connectivity index (χ2n) is 4.21. The Balaban J connectivity index is 2.17. The first-order chi connectivity index (χ1) is 8.13. The predicted octanol–water partition coefficient (Wildman–Crippen LogP) is 1.01. The predicted molar refractivity (Wildman–Crippen MR) is 62.4 cm³/mol. The second-order valence-corrected chi connectivity index (χ2v) is 4.21. The number of rotatable bonds is 6. The van der Waals surface area contributed by atoms with E-state index in [1.54, 1.807) is 13.8 Å². The number of nitrogens with one attached hydrogen (secondary N) is 1. The Morgan fingerprint density at radius 1 is 1.53 bits per heavy atom. The highest BCUT2D eigenvalue weighted by Gasteiger charge is 2.19. The molecule has 0 aliphatic carbocycles. The molecule has 1 heterocycles. The minimum Gasteiger partial charge on any atom is -0.464 e. The fraction of sp³-hybridized carbons (Fsp3) is 0.833. The van der Waals surface area contributed by atoms with Crippen LogP contribution < -0.4 is 5.32 Å². The van der Waals surface area contributed by atoms with E-state index in [1.165, 1.54) is 0 Å². The molecule has 1 saturated heterocycles. The number of amides is 1. The van der Waals surface area contributed by atoms with Crippen LogP contribution in [-0.4, -0.2) is 37.2 Å². The Morgan fingerprint density at radius 2 is 2.29 bits per heavy atom. The molecule has 0 radical (unpaired) electrons. The van der Waals surface area contributed by atoms with Gasteiger partial charge in [0.2, 0.25) is 5.91 Å². The van der Waals surface area contributed by atoms with Crippen LogP contribution in [0.2, 0.25) is 0 Å². The van der Waals surface area contributed by atoms with Gasteiger partial charge in [0, 0.05) is 13.0 Å². The maximum absolute atomic E-state index is 11.5. The standard InChI is InChI=1S/C12H21NO4/c1-3-16-12(15)9(2)13-11(14)7-6-10-5-4-8-17-10/h9-10H,3-8H2,1-2H3,(H,13,14). The fourth-order valence-corrected chi connectivity index (χ4v) is 1.80. The summed E-state index contributed by atoms with van der Waals surface area (Å²) in [6.07, 6.45) is 3.43. The van der Waals surface area contributed by atoms with Crippen molar-refractivity contribution in [2.24, 2.45) is 0 Å². The number of carbonyl (C=O) groups is 2.